The van der Waals surface area contributed by atoms with Gasteiger partial charge in [0, 0.05) is 55.2 Å². The molecule has 1 N–H and O–H groups in total. The standard InChI is InChI=1S/C28H30N4O2/c1-2-21-6-9-25(10-7-21)30-28(33)32-14-4-13-31(15-16-32)20-26-18-24-17-22(8-11-27(24)34-26)23-5-3-12-29-19-23/h3,5-12,17-19H,2,4,13-16,20H2,1H3,(H,30,33). The Kier molecular flexibility index (Phi) is 6.58. The second-order valence-corrected chi connectivity index (χ2v) is 8.80. The Labute approximate surface area is 200 Å². The predicted molar refractivity (Wildman–Crippen MR) is 136 cm³/mol. The lowest BCUT2D eigenvalue weighted by atomic mass is 10.1. The largest absolute Gasteiger partial charge is 0.460 e. The fourth-order valence-electron chi connectivity index (χ4n) is 4.47. The van der Waals surface area contributed by atoms with Crippen LogP contribution in [0.4, 0.5) is 10.5 Å². The maximum absolute atomic E-state index is 12.8. The quantitative estimate of drug-likeness (QED) is 0.414. The summed E-state index contributed by atoms with van der Waals surface area (Å²) in [6.45, 7) is 6.08. The number of hydrogen-bond donors (Lipinski definition) is 1. The number of carbonyl (C=O) groups excluding carboxylic acids is 1. The molecule has 0 radical (unpaired) electrons. The third-order valence-electron chi connectivity index (χ3n) is 6.43. The molecular weight excluding hydrogens is 424 g/mol. The van der Waals surface area contributed by atoms with Gasteiger partial charge in [-0.25, -0.2) is 4.79 Å². The van der Waals surface area contributed by atoms with E-state index in [1.54, 1.807) is 6.20 Å². The molecule has 2 aromatic heterocycles. The highest BCUT2D eigenvalue weighted by Crippen LogP contribution is 2.27. The minimum atomic E-state index is -0.0298. The van der Waals surface area contributed by atoms with Gasteiger partial charge in [0.25, 0.3) is 0 Å². The Bertz CT molecular complexity index is 1250. The van der Waals surface area contributed by atoms with Crippen molar-refractivity contribution in [2.75, 3.05) is 31.5 Å². The molecule has 0 aliphatic carbocycles. The van der Waals surface area contributed by atoms with Crippen molar-refractivity contribution in [2.45, 2.75) is 26.3 Å². The number of anilines is 1. The van der Waals surface area contributed by atoms with Crippen LogP contribution in [0.25, 0.3) is 22.1 Å². The molecule has 1 aliphatic heterocycles. The van der Waals surface area contributed by atoms with Gasteiger partial charge in [-0.3, -0.25) is 9.88 Å². The van der Waals surface area contributed by atoms with E-state index in [0.29, 0.717) is 6.54 Å². The molecule has 1 aliphatic rings. The number of furan rings is 1. The van der Waals surface area contributed by atoms with Crippen LogP contribution in [-0.2, 0) is 13.0 Å². The van der Waals surface area contributed by atoms with Crippen molar-refractivity contribution < 1.29 is 9.21 Å². The summed E-state index contributed by atoms with van der Waals surface area (Å²) in [4.78, 5) is 21.3. The van der Waals surface area contributed by atoms with Crippen LogP contribution in [0.1, 0.15) is 24.7 Å². The lowest BCUT2D eigenvalue weighted by Gasteiger charge is -2.22. The Hall–Kier alpha value is -3.64. The molecule has 6 nitrogen and oxygen atoms in total. The molecule has 6 heteroatoms. The smallest absolute Gasteiger partial charge is 0.321 e. The van der Waals surface area contributed by atoms with Crippen LogP contribution in [0.15, 0.2) is 77.5 Å². The van der Waals surface area contributed by atoms with Gasteiger partial charge in [0.05, 0.1) is 6.54 Å². The number of nitrogens with one attached hydrogen (secondary N) is 1. The summed E-state index contributed by atoms with van der Waals surface area (Å²) in [5, 5.41) is 4.14. The summed E-state index contributed by atoms with van der Waals surface area (Å²) in [7, 11) is 0. The molecular formula is C28H30N4O2. The highest BCUT2D eigenvalue weighted by molar-refractivity contribution is 5.89. The number of aromatic nitrogens is 1. The number of benzene rings is 2. The number of rotatable bonds is 5. The SMILES string of the molecule is CCc1ccc(NC(=O)N2CCCN(Cc3cc4cc(-c5cccnc5)ccc4o3)CC2)cc1. The van der Waals surface area contributed by atoms with E-state index in [9.17, 15) is 4.79 Å². The second-order valence-electron chi connectivity index (χ2n) is 8.80. The van der Waals surface area contributed by atoms with Crippen molar-refractivity contribution in [3.63, 3.8) is 0 Å². The summed E-state index contributed by atoms with van der Waals surface area (Å²) in [5.41, 5.74) is 5.24. The average molecular weight is 455 g/mol. The van der Waals surface area contributed by atoms with Gasteiger partial charge in [0.2, 0.25) is 0 Å². The van der Waals surface area contributed by atoms with E-state index >= 15 is 0 Å². The molecule has 34 heavy (non-hydrogen) atoms. The maximum Gasteiger partial charge on any atom is 0.321 e. The molecule has 1 saturated heterocycles. The Morgan fingerprint density at radius 1 is 1.00 bits per heavy atom. The molecule has 2 amide bonds. The van der Waals surface area contributed by atoms with Gasteiger partial charge in [-0.15, -0.1) is 0 Å². The number of fused-ring (bicyclic) bond motifs is 1. The molecule has 3 heterocycles. The molecule has 1 fully saturated rings. The Balaban J connectivity index is 1.20. The zero-order valence-corrected chi connectivity index (χ0v) is 19.5. The molecule has 174 valence electrons. The molecule has 0 bridgehead atoms. The van der Waals surface area contributed by atoms with E-state index in [-0.39, 0.29) is 6.03 Å². The van der Waals surface area contributed by atoms with Gasteiger partial charge < -0.3 is 14.6 Å². The molecule has 0 spiro atoms. The fraction of sp³-hybridized carbons (Fsp3) is 0.286. The van der Waals surface area contributed by atoms with Crippen molar-refractivity contribution in [3.8, 4) is 11.1 Å². The zero-order valence-electron chi connectivity index (χ0n) is 19.5. The third-order valence-corrected chi connectivity index (χ3v) is 6.43. The molecule has 0 atom stereocenters. The number of carbonyl (C=O) groups is 1. The lowest BCUT2D eigenvalue weighted by Crippen LogP contribution is -2.38. The van der Waals surface area contributed by atoms with Gasteiger partial charge in [-0.1, -0.05) is 31.2 Å². The normalized spacial score (nSPS) is 14.8. The van der Waals surface area contributed by atoms with Crippen molar-refractivity contribution in [2.24, 2.45) is 0 Å². The van der Waals surface area contributed by atoms with Gasteiger partial charge in [-0.2, -0.15) is 0 Å². The van der Waals surface area contributed by atoms with Crippen LogP contribution in [0, 0.1) is 0 Å². The van der Waals surface area contributed by atoms with Crippen molar-refractivity contribution in [3.05, 3.63) is 84.4 Å². The van der Waals surface area contributed by atoms with E-state index in [2.05, 4.69) is 58.5 Å². The summed E-state index contributed by atoms with van der Waals surface area (Å²) < 4.78 is 6.12. The minimum Gasteiger partial charge on any atom is -0.460 e. The number of nitrogens with zero attached hydrogens (tertiary/aromatic N) is 3. The minimum absolute atomic E-state index is 0.0298. The summed E-state index contributed by atoms with van der Waals surface area (Å²) in [6, 6.07) is 20.4. The number of urea groups is 1. The van der Waals surface area contributed by atoms with E-state index in [1.807, 2.05) is 35.4 Å². The number of pyridine rings is 1. The van der Waals surface area contributed by atoms with E-state index in [4.69, 9.17) is 4.42 Å². The van der Waals surface area contributed by atoms with Crippen LogP contribution in [0.3, 0.4) is 0 Å². The van der Waals surface area contributed by atoms with Crippen molar-refractivity contribution >= 4 is 22.7 Å². The fourth-order valence-corrected chi connectivity index (χ4v) is 4.47. The van der Waals surface area contributed by atoms with Crippen molar-refractivity contribution in [1.29, 1.82) is 0 Å². The van der Waals surface area contributed by atoms with Crippen LogP contribution < -0.4 is 5.32 Å². The molecule has 0 saturated carbocycles. The topological polar surface area (TPSA) is 61.6 Å². The van der Waals surface area contributed by atoms with Crippen LogP contribution in [0.2, 0.25) is 0 Å². The third kappa shape index (κ3) is 5.13. The van der Waals surface area contributed by atoms with E-state index in [0.717, 1.165) is 72.6 Å². The Morgan fingerprint density at radius 2 is 1.88 bits per heavy atom. The number of amides is 2. The lowest BCUT2D eigenvalue weighted by molar-refractivity contribution is 0.209. The summed E-state index contributed by atoms with van der Waals surface area (Å²) in [5.74, 6) is 0.951. The van der Waals surface area contributed by atoms with Gasteiger partial charge in [0.15, 0.2) is 0 Å². The van der Waals surface area contributed by atoms with Crippen molar-refractivity contribution in [1.82, 2.24) is 14.8 Å². The molecule has 5 rings (SSSR count). The molecule has 0 unspecified atom stereocenters. The first kappa shape index (κ1) is 22.2. The van der Waals surface area contributed by atoms with Crippen LogP contribution >= 0.6 is 0 Å². The average Bonchev–Trinajstić information content (AvgIpc) is 3.13. The summed E-state index contributed by atoms with van der Waals surface area (Å²) in [6.07, 6.45) is 5.59. The Morgan fingerprint density at radius 3 is 2.68 bits per heavy atom. The molecule has 4 aromatic rings. The van der Waals surface area contributed by atoms with Gasteiger partial charge in [-0.05, 0) is 60.4 Å². The monoisotopic (exact) mass is 454 g/mol. The van der Waals surface area contributed by atoms with Gasteiger partial charge >= 0.3 is 6.03 Å². The highest BCUT2D eigenvalue weighted by atomic mass is 16.3. The van der Waals surface area contributed by atoms with Crippen LogP contribution in [-0.4, -0.2) is 47.0 Å². The maximum atomic E-state index is 12.8. The zero-order chi connectivity index (χ0) is 23.3. The first-order valence-corrected chi connectivity index (χ1v) is 12.0. The number of aryl methyl sites for hydroxylation is 1. The van der Waals surface area contributed by atoms with Crippen LogP contribution in [0.5, 0.6) is 0 Å². The number of hydrogen-bond acceptors (Lipinski definition) is 4. The second kappa shape index (κ2) is 10.1. The summed E-state index contributed by atoms with van der Waals surface area (Å²) >= 11 is 0. The first-order valence-electron chi connectivity index (χ1n) is 12.0. The highest BCUT2D eigenvalue weighted by Gasteiger charge is 2.20. The molecule has 2 aromatic carbocycles. The van der Waals surface area contributed by atoms with E-state index < -0.39 is 0 Å². The van der Waals surface area contributed by atoms with E-state index in [1.165, 1.54) is 5.56 Å². The predicted octanol–water partition coefficient (Wildman–Crippen LogP) is 5.80. The first-order chi connectivity index (χ1) is 16.7. The van der Waals surface area contributed by atoms with Gasteiger partial charge in [0.1, 0.15) is 11.3 Å².